The van der Waals surface area contributed by atoms with Crippen LogP contribution in [0.2, 0.25) is 0 Å². The van der Waals surface area contributed by atoms with Gasteiger partial charge in [-0.3, -0.25) is 9.69 Å². The smallest absolute Gasteiger partial charge is 0.326 e. The fourth-order valence-corrected chi connectivity index (χ4v) is 5.57. The Labute approximate surface area is 239 Å². The summed E-state index contributed by atoms with van der Waals surface area (Å²) in [5.74, 6) is 0.764. The van der Waals surface area contributed by atoms with Crippen LogP contribution in [-0.2, 0) is 16.0 Å². The lowest BCUT2D eigenvalue weighted by Crippen LogP contribution is -2.45. The average Bonchev–Trinajstić information content (AvgIpc) is 3.47. The highest BCUT2D eigenvalue weighted by Crippen LogP contribution is 2.27. The molecule has 1 unspecified atom stereocenters. The molecule has 0 saturated carbocycles. The van der Waals surface area contributed by atoms with Gasteiger partial charge in [-0.2, -0.15) is 8.75 Å². The maximum atomic E-state index is 13.2. The Bertz CT molecular complexity index is 1460. The number of carbonyl (C=O) groups excluding carboxylic acids is 2. The summed E-state index contributed by atoms with van der Waals surface area (Å²) in [4.78, 5) is 29.7. The summed E-state index contributed by atoms with van der Waals surface area (Å²) in [7, 11) is 1.74. The quantitative estimate of drug-likeness (QED) is 0.277. The number of piperidine rings is 1. The van der Waals surface area contributed by atoms with Crippen LogP contribution in [0.3, 0.4) is 0 Å². The minimum Gasteiger partial charge on any atom is -0.368 e. The molecule has 1 aliphatic heterocycles. The van der Waals surface area contributed by atoms with Gasteiger partial charge >= 0.3 is 6.03 Å². The van der Waals surface area contributed by atoms with E-state index in [1.54, 1.807) is 11.9 Å². The summed E-state index contributed by atoms with van der Waals surface area (Å²) >= 11 is 1.12. The molecule has 3 amide bonds. The Morgan fingerprint density at radius 2 is 1.80 bits per heavy atom. The molecule has 1 N–H and O–H groups in total. The summed E-state index contributed by atoms with van der Waals surface area (Å²) < 4.78 is 14.4. The van der Waals surface area contributed by atoms with Crippen molar-refractivity contribution in [1.82, 2.24) is 13.6 Å². The van der Waals surface area contributed by atoms with Gasteiger partial charge in [-0.05, 0) is 66.6 Å². The van der Waals surface area contributed by atoms with Gasteiger partial charge in [0.15, 0.2) is 0 Å². The molecule has 1 saturated heterocycles. The number of amides is 3. The van der Waals surface area contributed by atoms with Crippen molar-refractivity contribution in [2.24, 2.45) is 5.92 Å². The predicted octanol–water partition coefficient (Wildman–Crippen LogP) is 6.23. The van der Waals surface area contributed by atoms with Crippen LogP contribution in [0.15, 0.2) is 66.7 Å². The molecule has 1 fully saturated rings. The second kappa shape index (κ2) is 12.6. The second-order valence-electron chi connectivity index (χ2n) is 10.3. The van der Waals surface area contributed by atoms with Crippen LogP contribution < -0.4 is 10.2 Å². The molecule has 0 radical (unpaired) electrons. The molecule has 0 bridgehead atoms. The van der Waals surface area contributed by atoms with Crippen molar-refractivity contribution < 1.29 is 14.3 Å². The third-order valence-corrected chi connectivity index (χ3v) is 8.06. The Morgan fingerprint density at radius 1 is 1.05 bits per heavy atom. The van der Waals surface area contributed by atoms with Gasteiger partial charge < -0.3 is 15.0 Å². The minimum absolute atomic E-state index is 0.0918. The molecule has 3 aromatic carbocycles. The minimum atomic E-state index is -0.467. The Hall–Kier alpha value is -3.82. The molecule has 40 heavy (non-hydrogen) atoms. The Morgan fingerprint density at radius 3 is 2.55 bits per heavy atom. The average molecular weight is 558 g/mol. The number of likely N-dealkylation sites (tertiary alicyclic amines) is 1. The monoisotopic (exact) mass is 557 g/mol. The van der Waals surface area contributed by atoms with Crippen molar-refractivity contribution in [3.05, 3.63) is 72.3 Å². The van der Waals surface area contributed by atoms with Crippen molar-refractivity contribution >= 4 is 46.1 Å². The van der Waals surface area contributed by atoms with Gasteiger partial charge in [-0.25, -0.2) is 4.79 Å². The van der Waals surface area contributed by atoms with E-state index in [0.717, 1.165) is 65.6 Å². The lowest BCUT2D eigenvalue weighted by atomic mass is 9.97. The summed E-state index contributed by atoms with van der Waals surface area (Å²) in [6, 6.07) is 21.4. The van der Waals surface area contributed by atoms with E-state index in [1.807, 2.05) is 54.3 Å². The lowest BCUT2D eigenvalue weighted by Gasteiger charge is -2.33. The number of carbonyl (C=O) groups is 2. The molecular formula is C31H35N5O3S. The SMILES string of the molecule is CCOC(Cc1ccc(-c2cccc(N(C)C(=O)Nc3cccc4nsnc34)c2)cc1)C(=O)N1CCC(C)CC1. The van der Waals surface area contributed by atoms with Gasteiger partial charge in [0, 0.05) is 38.9 Å². The van der Waals surface area contributed by atoms with Crippen LogP contribution in [0.5, 0.6) is 0 Å². The topological polar surface area (TPSA) is 87.7 Å². The van der Waals surface area contributed by atoms with Crippen LogP contribution in [0.4, 0.5) is 16.2 Å². The van der Waals surface area contributed by atoms with Crippen molar-refractivity contribution in [1.29, 1.82) is 0 Å². The zero-order valence-electron chi connectivity index (χ0n) is 23.2. The molecule has 208 valence electrons. The van der Waals surface area contributed by atoms with Crippen LogP contribution in [-0.4, -0.2) is 58.4 Å². The highest BCUT2D eigenvalue weighted by molar-refractivity contribution is 7.00. The molecule has 0 spiro atoms. The van der Waals surface area contributed by atoms with E-state index in [1.165, 1.54) is 0 Å². The number of hydrogen-bond donors (Lipinski definition) is 1. The molecule has 2 heterocycles. The first-order valence-electron chi connectivity index (χ1n) is 13.8. The fourth-order valence-electron chi connectivity index (χ4n) is 5.02. The molecular weight excluding hydrogens is 522 g/mol. The first kappa shape index (κ1) is 27.7. The number of benzene rings is 3. The molecule has 0 aliphatic carbocycles. The summed E-state index contributed by atoms with van der Waals surface area (Å²) in [6.07, 6.45) is 2.18. The highest BCUT2D eigenvalue weighted by atomic mass is 32.1. The zero-order valence-corrected chi connectivity index (χ0v) is 24.0. The maximum Gasteiger partial charge on any atom is 0.326 e. The number of nitrogens with one attached hydrogen (secondary N) is 1. The van der Waals surface area contributed by atoms with Gasteiger partial charge in [0.25, 0.3) is 5.91 Å². The first-order valence-corrected chi connectivity index (χ1v) is 14.5. The number of rotatable bonds is 8. The highest BCUT2D eigenvalue weighted by Gasteiger charge is 2.27. The van der Waals surface area contributed by atoms with E-state index in [0.29, 0.717) is 30.1 Å². The standard InChI is InChI=1S/C31H35N5O3S/c1-4-39-28(30(37)36-17-15-21(2)16-18-36)19-22-11-13-23(14-12-22)24-7-5-8-25(20-24)35(3)31(38)32-26-9-6-10-27-29(26)34-40-33-27/h5-14,20-21,28H,4,15-19H2,1-3H3,(H,32,38). The van der Waals surface area contributed by atoms with Crippen LogP contribution in [0, 0.1) is 5.92 Å². The number of urea groups is 1. The van der Waals surface area contributed by atoms with Crippen molar-refractivity contribution in [2.45, 2.75) is 39.2 Å². The van der Waals surface area contributed by atoms with Gasteiger partial charge in [-0.1, -0.05) is 49.4 Å². The van der Waals surface area contributed by atoms with E-state index >= 15 is 0 Å². The summed E-state index contributed by atoms with van der Waals surface area (Å²) in [5.41, 5.74) is 5.92. The Kier molecular flexibility index (Phi) is 8.72. The second-order valence-corrected chi connectivity index (χ2v) is 10.9. The Balaban J connectivity index is 1.25. The van der Waals surface area contributed by atoms with Crippen molar-refractivity contribution in [2.75, 3.05) is 37.0 Å². The van der Waals surface area contributed by atoms with E-state index in [2.05, 4.69) is 45.3 Å². The zero-order chi connectivity index (χ0) is 28.1. The molecule has 9 heteroatoms. The van der Waals surface area contributed by atoms with E-state index in [9.17, 15) is 9.59 Å². The summed E-state index contributed by atoms with van der Waals surface area (Å²) in [6.45, 7) is 6.30. The van der Waals surface area contributed by atoms with Crippen molar-refractivity contribution in [3.63, 3.8) is 0 Å². The molecule has 8 nitrogen and oxygen atoms in total. The molecule has 4 aromatic rings. The third-order valence-electron chi connectivity index (χ3n) is 7.51. The first-order chi connectivity index (χ1) is 19.4. The number of hydrogen-bond acceptors (Lipinski definition) is 6. The van der Waals surface area contributed by atoms with Crippen molar-refractivity contribution in [3.8, 4) is 11.1 Å². The largest absolute Gasteiger partial charge is 0.368 e. The number of fused-ring (bicyclic) bond motifs is 1. The third kappa shape index (κ3) is 6.32. The normalized spacial score (nSPS) is 14.7. The number of anilines is 2. The van der Waals surface area contributed by atoms with E-state index in [4.69, 9.17) is 4.74 Å². The number of aromatic nitrogens is 2. The van der Waals surface area contributed by atoms with E-state index < -0.39 is 6.10 Å². The van der Waals surface area contributed by atoms with Gasteiger partial charge in [0.1, 0.15) is 17.1 Å². The lowest BCUT2D eigenvalue weighted by molar-refractivity contribution is -0.144. The molecule has 1 aliphatic rings. The van der Waals surface area contributed by atoms with Crippen LogP contribution in [0.1, 0.15) is 32.3 Å². The van der Waals surface area contributed by atoms with E-state index in [-0.39, 0.29) is 11.9 Å². The number of ether oxygens (including phenoxy) is 1. The summed E-state index contributed by atoms with van der Waals surface area (Å²) in [5, 5.41) is 2.95. The van der Waals surface area contributed by atoms with Gasteiger partial charge in [-0.15, -0.1) is 0 Å². The van der Waals surface area contributed by atoms with Crippen LogP contribution in [0.25, 0.3) is 22.2 Å². The predicted molar refractivity (Wildman–Crippen MR) is 161 cm³/mol. The number of nitrogens with zero attached hydrogens (tertiary/aromatic N) is 4. The van der Waals surface area contributed by atoms with Crippen LogP contribution >= 0.6 is 11.7 Å². The molecule has 1 atom stereocenters. The molecule has 5 rings (SSSR count). The fraction of sp³-hybridized carbons (Fsp3) is 0.355. The molecule has 1 aromatic heterocycles. The van der Waals surface area contributed by atoms with Gasteiger partial charge in [0.05, 0.1) is 17.4 Å². The van der Waals surface area contributed by atoms with Gasteiger partial charge in [0.2, 0.25) is 0 Å². The maximum absolute atomic E-state index is 13.2.